The lowest BCUT2D eigenvalue weighted by atomic mass is 10.0. The van der Waals surface area contributed by atoms with Crippen molar-refractivity contribution in [2.45, 2.75) is 19.6 Å². The van der Waals surface area contributed by atoms with E-state index in [4.69, 9.17) is 9.15 Å². The van der Waals surface area contributed by atoms with E-state index in [0.29, 0.717) is 17.7 Å². The van der Waals surface area contributed by atoms with Crippen LogP contribution in [0.15, 0.2) is 71.1 Å². The standard InChI is InChI=1S/C22H22N2O5/c1-16(26)24(23-15-28-14-21-12-11-20(13-25)29-21)19-9-7-18(8-10-19)22(27)17-5-3-2-4-6-17/h2-13,22-23,27H,14-15H2,1H3. The molecule has 7 heteroatoms. The van der Waals surface area contributed by atoms with Crippen molar-refractivity contribution in [2.24, 2.45) is 0 Å². The maximum atomic E-state index is 12.0. The number of aldehydes is 1. The zero-order chi connectivity index (χ0) is 20.6. The number of carbonyl (C=O) groups is 2. The van der Waals surface area contributed by atoms with Crippen LogP contribution in [0.1, 0.15) is 40.5 Å². The second-order valence-corrected chi connectivity index (χ2v) is 6.33. The lowest BCUT2D eigenvalue weighted by Crippen LogP contribution is -2.42. The summed E-state index contributed by atoms with van der Waals surface area (Å²) in [6, 6.07) is 19.6. The topological polar surface area (TPSA) is 92.0 Å². The number of carbonyl (C=O) groups excluding carboxylic acids is 2. The quantitative estimate of drug-likeness (QED) is 0.251. The Morgan fingerprint density at radius 2 is 1.79 bits per heavy atom. The molecule has 1 amide bonds. The molecule has 2 aromatic carbocycles. The van der Waals surface area contributed by atoms with Gasteiger partial charge in [-0.05, 0) is 35.4 Å². The minimum absolute atomic E-state index is 0.0606. The van der Waals surface area contributed by atoms with Gasteiger partial charge in [0.2, 0.25) is 5.91 Å². The zero-order valence-corrected chi connectivity index (χ0v) is 15.9. The van der Waals surface area contributed by atoms with Gasteiger partial charge in [0.1, 0.15) is 25.2 Å². The number of hydrogen-bond donors (Lipinski definition) is 2. The molecule has 1 heterocycles. The highest BCUT2D eigenvalue weighted by Gasteiger charge is 2.14. The molecule has 3 aromatic rings. The highest BCUT2D eigenvalue weighted by atomic mass is 16.5. The molecule has 0 aliphatic rings. The predicted molar refractivity (Wildman–Crippen MR) is 107 cm³/mol. The van der Waals surface area contributed by atoms with E-state index in [1.807, 2.05) is 30.3 Å². The van der Waals surface area contributed by atoms with Crippen molar-refractivity contribution < 1.29 is 23.8 Å². The smallest absolute Gasteiger partial charge is 0.238 e. The highest BCUT2D eigenvalue weighted by molar-refractivity contribution is 5.90. The molecule has 0 radical (unpaired) electrons. The summed E-state index contributed by atoms with van der Waals surface area (Å²) in [6.45, 7) is 1.66. The Morgan fingerprint density at radius 3 is 2.41 bits per heavy atom. The van der Waals surface area contributed by atoms with Gasteiger partial charge in [-0.15, -0.1) is 0 Å². The van der Waals surface area contributed by atoms with E-state index in [1.165, 1.54) is 11.9 Å². The fourth-order valence-corrected chi connectivity index (χ4v) is 2.82. The molecule has 0 spiro atoms. The van der Waals surface area contributed by atoms with E-state index in [-0.39, 0.29) is 25.0 Å². The molecular weight excluding hydrogens is 372 g/mol. The number of anilines is 1. The number of aliphatic hydroxyl groups excluding tert-OH is 1. The van der Waals surface area contributed by atoms with E-state index in [2.05, 4.69) is 5.43 Å². The average molecular weight is 394 g/mol. The summed E-state index contributed by atoms with van der Waals surface area (Å²) in [5.41, 5.74) is 5.03. The number of amides is 1. The fraction of sp³-hybridized carbons (Fsp3) is 0.182. The molecule has 1 unspecified atom stereocenters. The lowest BCUT2D eigenvalue weighted by Gasteiger charge is -2.22. The molecule has 0 saturated heterocycles. The Kier molecular flexibility index (Phi) is 6.91. The summed E-state index contributed by atoms with van der Waals surface area (Å²) in [5.74, 6) is 0.536. The first kappa shape index (κ1) is 20.5. The molecule has 1 aromatic heterocycles. The second-order valence-electron chi connectivity index (χ2n) is 6.33. The van der Waals surface area contributed by atoms with E-state index in [1.54, 1.807) is 36.4 Å². The van der Waals surface area contributed by atoms with Crippen molar-refractivity contribution in [1.82, 2.24) is 5.43 Å². The molecule has 0 saturated carbocycles. The highest BCUT2D eigenvalue weighted by Crippen LogP contribution is 2.24. The van der Waals surface area contributed by atoms with Gasteiger partial charge in [-0.1, -0.05) is 42.5 Å². The van der Waals surface area contributed by atoms with Gasteiger partial charge in [0.25, 0.3) is 0 Å². The van der Waals surface area contributed by atoms with Gasteiger partial charge >= 0.3 is 0 Å². The monoisotopic (exact) mass is 394 g/mol. The second kappa shape index (κ2) is 9.79. The van der Waals surface area contributed by atoms with E-state index in [0.717, 1.165) is 11.1 Å². The van der Waals surface area contributed by atoms with Crippen LogP contribution in [0.25, 0.3) is 0 Å². The molecule has 7 nitrogen and oxygen atoms in total. The van der Waals surface area contributed by atoms with Gasteiger partial charge in [0.05, 0.1) is 5.69 Å². The summed E-state index contributed by atoms with van der Waals surface area (Å²) in [7, 11) is 0. The van der Waals surface area contributed by atoms with Crippen LogP contribution in [-0.4, -0.2) is 24.0 Å². The van der Waals surface area contributed by atoms with Crippen LogP contribution in [0.4, 0.5) is 5.69 Å². The summed E-state index contributed by atoms with van der Waals surface area (Å²) >= 11 is 0. The number of nitrogens with one attached hydrogen (secondary N) is 1. The third kappa shape index (κ3) is 5.39. The van der Waals surface area contributed by atoms with Crippen LogP contribution in [0, 0.1) is 0 Å². The summed E-state index contributed by atoms with van der Waals surface area (Å²) in [5, 5.41) is 11.8. The number of aliphatic hydroxyl groups is 1. The third-order valence-electron chi connectivity index (χ3n) is 4.26. The van der Waals surface area contributed by atoms with Gasteiger partial charge in [-0.2, -0.15) is 0 Å². The molecule has 1 atom stereocenters. The first-order chi connectivity index (χ1) is 14.1. The third-order valence-corrected chi connectivity index (χ3v) is 4.26. The average Bonchev–Trinajstić information content (AvgIpc) is 3.22. The van der Waals surface area contributed by atoms with Crippen LogP contribution in [0.3, 0.4) is 0 Å². The molecule has 0 fully saturated rings. The van der Waals surface area contributed by atoms with Gasteiger partial charge in [-0.3, -0.25) is 9.59 Å². The number of furan rings is 1. The Morgan fingerprint density at radius 1 is 1.10 bits per heavy atom. The van der Waals surface area contributed by atoms with Crippen molar-refractivity contribution in [3.63, 3.8) is 0 Å². The summed E-state index contributed by atoms with van der Waals surface area (Å²) in [4.78, 5) is 22.6. The SMILES string of the molecule is CC(=O)N(NCOCc1ccc(C=O)o1)c1ccc(C(O)c2ccccc2)cc1. The number of hydrogen-bond acceptors (Lipinski definition) is 6. The van der Waals surface area contributed by atoms with Gasteiger partial charge in [-0.25, -0.2) is 10.4 Å². The Hall–Kier alpha value is -3.26. The lowest BCUT2D eigenvalue weighted by molar-refractivity contribution is -0.117. The Labute approximate surface area is 168 Å². The van der Waals surface area contributed by atoms with Crippen LogP contribution < -0.4 is 10.4 Å². The maximum absolute atomic E-state index is 12.0. The van der Waals surface area contributed by atoms with E-state index >= 15 is 0 Å². The van der Waals surface area contributed by atoms with Crippen molar-refractivity contribution in [1.29, 1.82) is 0 Å². The summed E-state index contributed by atoms with van der Waals surface area (Å²) in [6.07, 6.45) is -0.116. The molecule has 0 bridgehead atoms. The molecule has 3 rings (SSSR count). The molecule has 0 aliphatic carbocycles. The molecule has 2 N–H and O–H groups in total. The zero-order valence-electron chi connectivity index (χ0n) is 15.9. The first-order valence-corrected chi connectivity index (χ1v) is 9.07. The largest absolute Gasteiger partial charge is 0.456 e. The van der Waals surface area contributed by atoms with E-state index in [9.17, 15) is 14.7 Å². The van der Waals surface area contributed by atoms with Gasteiger partial charge < -0.3 is 14.3 Å². The van der Waals surface area contributed by atoms with Crippen LogP contribution in [0.2, 0.25) is 0 Å². The van der Waals surface area contributed by atoms with Crippen LogP contribution >= 0.6 is 0 Å². The van der Waals surface area contributed by atoms with Crippen LogP contribution in [0.5, 0.6) is 0 Å². The molecule has 0 aliphatic heterocycles. The number of nitrogens with zero attached hydrogens (tertiary/aromatic N) is 1. The summed E-state index contributed by atoms with van der Waals surface area (Å²) < 4.78 is 10.7. The Bertz CT molecular complexity index is 937. The molecule has 29 heavy (non-hydrogen) atoms. The fourth-order valence-electron chi connectivity index (χ4n) is 2.82. The van der Waals surface area contributed by atoms with Crippen molar-refractivity contribution in [3.8, 4) is 0 Å². The van der Waals surface area contributed by atoms with E-state index < -0.39 is 6.10 Å². The molecule has 150 valence electrons. The van der Waals surface area contributed by atoms with Crippen molar-refractivity contribution in [3.05, 3.63) is 89.4 Å². The van der Waals surface area contributed by atoms with Crippen molar-refractivity contribution in [2.75, 3.05) is 11.7 Å². The number of benzene rings is 2. The van der Waals surface area contributed by atoms with Crippen LogP contribution in [-0.2, 0) is 16.1 Å². The Balaban J connectivity index is 1.58. The number of rotatable bonds is 9. The first-order valence-electron chi connectivity index (χ1n) is 9.07. The predicted octanol–water partition coefficient (Wildman–Crippen LogP) is 3.21. The minimum Gasteiger partial charge on any atom is -0.456 e. The maximum Gasteiger partial charge on any atom is 0.238 e. The number of ether oxygens (including phenoxy) is 1. The van der Waals surface area contributed by atoms with Gasteiger partial charge in [0.15, 0.2) is 12.0 Å². The van der Waals surface area contributed by atoms with Gasteiger partial charge in [0, 0.05) is 6.92 Å². The minimum atomic E-state index is -0.739. The normalized spacial score (nSPS) is 11.8. The number of hydrazine groups is 1. The molecular formula is C22H22N2O5. The van der Waals surface area contributed by atoms with Crippen molar-refractivity contribution >= 4 is 17.9 Å².